The molecule has 0 radical (unpaired) electrons. The van der Waals surface area contributed by atoms with Crippen LogP contribution in [0.25, 0.3) is 16.9 Å². The van der Waals surface area contributed by atoms with Gasteiger partial charge < -0.3 is 10.6 Å². The lowest BCUT2D eigenvalue weighted by Gasteiger charge is -2.30. The van der Waals surface area contributed by atoms with E-state index in [0.29, 0.717) is 11.5 Å². The molecule has 13 heteroatoms. The molecule has 0 aliphatic heterocycles. The molecule has 5 aromatic rings. The van der Waals surface area contributed by atoms with Crippen molar-refractivity contribution in [2.45, 2.75) is 54.1 Å². The van der Waals surface area contributed by atoms with Gasteiger partial charge in [-0.3, -0.25) is 23.8 Å². The minimum Gasteiger partial charge on any atom is -0.328 e. The second-order valence-electron chi connectivity index (χ2n) is 11.0. The fraction of sp³-hybridized carbons (Fsp3) is 0.379. The molecule has 0 unspecified atom stereocenters. The molecule has 42 heavy (non-hydrogen) atoms. The van der Waals surface area contributed by atoms with Gasteiger partial charge in [0.05, 0.1) is 41.4 Å². The largest absolute Gasteiger partial charge is 0.328 e. The number of carbonyl (C=O) groups is 1. The lowest BCUT2D eigenvalue weighted by molar-refractivity contribution is -0.116. The zero-order chi connectivity index (χ0) is 29.9. The number of rotatable bonds is 12. The van der Waals surface area contributed by atoms with E-state index >= 15 is 0 Å². The van der Waals surface area contributed by atoms with Crippen LogP contribution in [-0.4, -0.2) is 57.4 Å². The van der Waals surface area contributed by atoms with Crippen molar-refractivity contribution in [3.63, 3.8) is 0 Å². The third kappa shape index (κ3) is 6.80. The Bertz CT molecular complexity index is 1690. The predicted octanol–water partition coefficient (Wildman–Crippen LogP) is 5.53. The molecule has 0 aliphatic rings. The normalized spacial score (nSPS) is 11.9. The summed E-state index contributed by atoms with van der Waals surface area (Å²) in [5.74, 6) is -0.374. The van der Waals surface area contributed by atoms with Gasteiger partial charge in [-0.05, 0) is 49.0 Å². The highest BCUT2D eigenvalue weighted by atomic mass is 32.1. The zero-order valence-electron chi connectivity index (χ0n) is 24.4. The third-order valence-corrected chi connectivity index (χ3v) is 7.88. The molecule has 2 N–H and O–H groups in total. The predicted molar refractivity (Wildman–Crippen MR) is 162 cm³/mol. The summed E-state index contributed by atoms with van der Waals surface area (Å²) in [6, 6.07) is 3.48. The highest BCUT2D eigenvalue weighted by Crippen LogP contribution is 2.29. The molecular formula is C29H35FN10OS. The minimum atomic E-state index is -0.598. The second kappa shape index (κ2) is 12.3. The monoisotopic (exact) mass is 590 g/mol. The summed E-state index contributed by atoms with van der Waals surface area (Å²) in [5, 5.41) is 11.2. The highest BCUT2D eigenvalue weighted by molar-refractivity contribution is 7.10. The van der Waals surface area contributed by atoms with Crippen LogP contribution in [0, 0.1) is 18.2 Å². The molecular weight excluding hydrogens is 555 g/mol. The van der Waals surface area contributed by atoms with E-state index in [-0.39, 0.29) is 17.6 Å². The number of hydrogen-bond acceptors (Lipinski definition) is 9. The third-order valence-electron chi connectivity index (χ3n) is 7.14. The lowest BCUT2D eigenvalue weighted by atomic mass is 9.89. The SMILES string of the molecule is CCN(Cc1cc(Nc2nc(C)cn3c(-c4cnn(CC(=O)Nc5ccncc5F)c4)cnc23)sn1)CC(C)(C)CC. The molecule has 0 aromatic carbocycles. The fourth-order valence-corrected chi connectivity index (χ4v) is 5.25. The Morgan fingerprint density at radius 2 is 2.02 bits per heavy atom. The number of amides is 1. The van der Waals surface area contributed by atoms with E-state index in [1.165, 1.54) is 28.5 Å². The average Bonchev–Trinajstić information content (AvgIpc) is 3.70. The minimum absolute atomic E-state index is 0.0726. The standard InChI is InChI=1S/C29H35FN10OS/c1-6-29(4,5)18-38(7-2)16-21-10-26(42-37-21)36-27-28-32-13-24(40(28)14-19(3)34-27)20-11-33-39(15-20)17-25(41)35-23-8-9-31-12-22(23)30/h8-15H,6-7,16-18H2,1-5H3,(H,34,36)(H,31,35,41). The number of nitrogens with one attached hydrogen (secondary N) is 2. The van der Waals surface area contributed by atoms with E-state index in [4.69, 9.17) is 4.98 Å². The van der Waals surface area contributed by atoms with E-state index in [0.717, 1.165) is 59.9 Å². The number of anilines is 3. The number of pyridine rings is 1. The summed E-state index contributed by atoms with van der Waals surface area (Å²) < 4.78 is 22.0. The van der Waals surface area contributed by atoms with Crippen molar-refractivity contribution < 1.29 is 9.18 Å². The van der Waals surface area contributed by atoms with Crippen LogP contribution in [0.4, 0.5) is 20.9 Å². The number of halogens is 1. The van der Waals surface area contributed by atoms with Gasteiger partial charge in [0.15, 0.2) is 17.3 Å². The second-order valence-corrected chi connectivity index (χ2v) is 11.8. The fourth-order valence-electron chi connectivity index (χ4n) is 4.59. The molecule has 0 saturated carbocycles. The van der Waals surface area contributed by atoms with Crippen LogP contribution in [0.2, 0.25) is 0 Å². The maximum absolute atomic E-state index is 13.8. The van der Waals surface area contributed by atoms with Gasteiger partial charge in [-0.15, -0.1) is 0 Å². The van der Waals surface area contributed by atoms with E-state index < -0.39 is 11.7 Å². The lowest BCUT2D eigenvalue weighted by Crippen LogP contribution is -2.33. The molecule has 5 rings (SSSR count). The van der Waals surface area contributed by atoms with Crippen molar-refractivity contribution in [2.75, 3.05) is 23.7 Å². The first kappa shape index (κ1) is 29.3. The molecule has 0 aliphatic carbocycles. The molecule has 5 heterocycles. The number of aryl methyl sites for hydroxylation is 1. The molecule has 1 amide bonds. The van der Waals surface area contributed by atoms with Gasteiger partial charge in [0.25, 0.3) is 0 Å². The van der Waals surface area contributed by atoms with Gasteiger partial charge in [-0.1, -0.05) is 27.7 Å². The quantitative estimate of drug-likeness (QED) is 0.195. The molecule has 0 atom stereocenters. The zero-order valence-corrected chi connectivity index (χ0v) is 25.2. The van der Waals surface area contributed by atoms with Gasteiger partial charge in [0.2, 0.25) is 5.91 Å². The van der Waals surface area contributed by atoms with Gasteiger partial charge in [-0.25, -0.2) is 14.4 Å². The number of hydrogen-bond donors (Lipinski definition) is 2. The number of fused-ring (bicyclic) bond motifs is 1. The molecule has 220 valence electrons. The molecule has 5 aromatic heterocycles. The summed E-state index contributed by atoms with van der Waals surface area (Å²) in [6.45, 7) is 13.6. The summed E-state index contributed by atoms with van der Waals surface area (Å²) in [5.41, 5.74) is 4.38. The Morgan fingerprint density at radius 1 is 1.19 bits per heavy atom. The van der Waals surface area contributed by atoms with Crippen LogP contribution in [-0.2, 0) is 17.9 Å². The van der Waals surface area contributed by atoms with Crippen molar-refractivity contribution in [2.24, 2.45) is 5.41 Å². The van der Waals surface area contributed by atoms with Crippen molar-refractivity contribution in [1.29, 1.82) is 0 Å². The van der Waals surface area contributed by atoms with Gasteiger partial charge in [0.1, 0.15) is 11.5 Å². The van der Waals surface area contributed by atoms with Crippen LogP contribution >= 0.6 is 11.5 Å². The first-order valence-electron chi connectivity index (χ1n) is 13.9. The highest BCUT2D eigenvalue weighted by Gasteiger charge is 2.20. The van der Waals surface area contributed by atoms with Gasteiger partial charge in [0, 0.05) is 37.2 Å². The Labute approximate surface area is 248 Å². The summed E-state index contributed by atoms with van der Waals surface area (Å²) in [7, 11) is 0. The van der Waals surface area contributed by atoms with Crippen LogP contribution in [0.5, 0.6) is 0 Å². The van der Waals surface area contributed by atoms with Crippen LogP contribution in [0.3, 0.4) is 0 Å². The molecule has 0 bridgehead atoms. The molecule has 0 spiro atoms. The maximum atomic E-state index is 13.8. The smallest absolute Gasteiger partial charge is 0.246 e. The van der Waals surface area contributed by atoms with Crippen LogP contribution in [0.15, 0.2) is 49.3 Å². The van der Waals surface area contributed by atoms with Crippen molar-refractivity contribution in [3.8, 4) is 11.3 Å². The van der Waals surface area contributed by atoms with Crippen LogP contribution in [0.1, 0.15) is 45.5 Å². The van der Waals surface area contributed by atoms with E-state index in [9.17, 15) is 9.18 Å². The van der Waals surface area contributed by atoms with Crippen molar-refractivity contribution in [3.05, 3.63) is 66.5 Å². The number of carbonyl (C=O) groups excluding carboxylic acids is 1. The average molecular weight is 591 g/mol. The van der Waals surface area contributed by atoms with E-state index in [2.05, 4.69) is 68.7 Å². The van der Waals surface area contributed by atoms with E-state index in [1.807, 2.05) is 17.5 Å². The maximum Gasteiger partial charge on any atom is 0.246 e. The molecule has 11 nitrogen and oxygen atoms in total. The Balaban J connectivity index is 1.30. The Morgan fingerprint density at radius 3 is 2.79 bits per heavy atom. The first-order valence-corrected chi connectivity index (χ1v) is 14.6. The van der Waals surface area contributed by atoms with Crippen molar-refractivity contribution in [1.82, 2.24) is 38.4 Å². The summed E-state index contributed by atoms with van der Waals surface area (Å²) >= 11 is 1.41. The Kier molecular flexibility index (Phi) is 8.59. The Hall–Kier alpha value is -4.23. The summed E-state index contributed by atoms with van der Waals surface area (Å²) in [6.07, 6.45) is 10.7. The molecule has 0 saturated heterocycles. The van der Waals surface area contributed by atoms with Crippen molar-refractivity contribution >= 4 is 39.6 Å². The number of nitrogens with zero attached hydrogens (tertiary/aromatic N) is 8. The topological polar surface area (TPSA) is 118 Å². The molecule has 0 fully saturated rings. The summed E-state index contributed by atoms with van der Waals surface area (Å²) in [4.78, 5) is 27.9. The van der Waals surface area contributed by atoms with E-state index in [1.54, 1.807) is 18.6 Å². The number of aromatic nitrogens is 7. The van der Waals surface area contributed by atoms with Crippen LogP contribution < -0.4 is 10.6 Å². The number of imidazole rings is 1. The van der Waals surface area contributed by atoms with Gasteiger partial charge >= 0.3 is 0 Å². The first-order chi connectivity index (χ1) is 20.1. The van der Waals surface area contributed by atoms with Gasteiger partial charge in [-0.2, -0.15) is 9.47 Å².